The largest absolute Gasteiger partial charge is 0.383 e. The van der Waals surface area contributed by atoms with E-state index in [0.29, 0.717) is 13.2 Å². The number of nitrogens with zero attached hydrogens (tertiary/aromatic N) is 2. The Labute approximate surface area is 165 Å². The number of ether oxygens (including phenoxy) is 2. The van der Waals surface area contributed by atoms with Gasteiger partial charge in [-0.1, -0.05) is 12.1 Å². The summed E-state index contributed by atoms with van der Waals surface area (Å²) in [5, 5.41) is 5.84. The molecule has 6 nitrogen and oxygen atoms in total. The molecule has 7 heteroatoms. The first kappa shape index (κ1) is 21.5. The van der Waals surface area contributed by atoms with Crippen LogP contribution in [0.1, 0.15) is 21.8 Å². The predicted octanol–water partition coefficient (Wildman–Crippen LogP) is 3.04. The van der Waals surface area contributed by atoms with E-state index in [0.717, 1.165) is 47.2 Å². The van der Waals surface area contributed by atoms with Gasteiger partial charge in [0.05, 0.1) is 25.3 Å². The zero-order chi connectivity index (χ0) is 19.6. The zero-order valence-corrected chi connectivity index (χ0v) is 17.4. The third kappa shape index (κ3) is 7.38. The van der Waals surface area contributed by atoms with Gasteiger partial charge in [-0.15, -0.1) is 11.3 Å². The van der Waals surface area contributed by atoms with Crippen molar-refractivity contribution >= 4 is 22.9 Å². The van der Waals surface area contributed by atoms with Crippen LogP contribution in [0.5, 0.6) is 0 Å². The van der Waals surface area contributed by atoms with Crippen molar-refractivity contribution in [3.05, 3.63) is 45.4 Å². The molecule has 27 heavy (non-hydrogen) atoms. The molecule has 1 heterocycles. The molecule has 0 spiro atoms. The van der Waals surface area contributed by atoms with E-state index in [1.54, 1.807) is 14.2 Å². The number of nitrogens with one attached hydrogen (secondary N) is 1. The third-order valence-electron chi connectivity index (χ3n) is 4.19. The van der Waals surface area contributed by atoms with Crippen LogP contribution in [-0.2, 0) is 27.2 Å². The van der Waals surface area contributed by atoms with Crippen LogP contribution in [0.15, 0.2) is 23.6 Å². The number of carbonyl (C=O) groups is 1. The normalized spacial score (nSPS) is 11.1. The maximum Gasteiger partial charge on any atom is 0.231 e. The van der Waals surface area contributed by atoms with Crippen molar-refractivity contribution in [2.75, 3.05) is 45.8 Å². The summed E-state index contributed by atoms with van der Waals surface area (Å²) in [7, 11) is 3.40. The van der Waals surface area contributed by atoms with Gasteiger partial charge < -0.3 is 14.8 Å². The number of hydrogen-bond acceptors (Lipinski definition) is 6. The Morgan fingerprint density at radius 1 is 1.19 bits per heavy atom. The molecule has 148 valence electrons. The van der Waals surface area contributed by atoms with Crippen molar-refractivity contribution in [2.45, 2.75) is 26.8 Å². The van der Waals surface area contributed by atoms with E-state index >= 15 is 0 Å². The molecule has 0 saturated heterocycles. The molecular weight excluding hydrogens is 362 g/mol. The summed E-state index contributed by atoms with van der Waals surface area (Å²) in [4.78, 5) is 19.2. The number of hydrogen-bond donors (Lipinski definition) is 1. The standard InChI is InChI=1S/C20H29N3O3S/c1-15-5-6-16(2)18(11-15)22-19(24)12-20-21-17(14-27-20)13-23(7-9-25-3)8-10-26-4/h5-6,11,14H,7-10,12-13H2,1-4H3,(H,22,24). The van der Waals surface area contributed by atoms with Gasteiger partial charge in [0.15, 0.2) is 0 Å². The van der Waals surface area contributed by atoms with Crippen molar-refractivity contribution in [1.29, 1.82) is 0 Å². The predicted molar refractivity (Wildman–Crippen MR) is 109 cm³/mol. The second kappa shape index (κ2) is 11.1. The van der Waals surface area contributed by atoms with Gasteiger partial charge in [-0.25, -0.2) is 4.98 Å². The van der Waals surface area contributed by atoms with E-state index in [1.807, 2.05) is 37.4 Å². The van der Waals surface area contributed by atoms with Gasteiger partial charge >= 0.3 is 0 Å². The molecule has 0 atom stereocenters. The van der Waals surface area contributed by atoms with E-state index in [9.17, 15) is 4.79 Å². The van der Waals surface area contributed by atoms with Crippen LogP contribution in [0.25, 0.3) is 0 Å². The fourth-order valence-corrected chi connectivity index (χ4v) is 3.43. The van der Waals surface area contributed by atoms with Gasteiger partial charge in [0, 0.05) is 44.9 Å². The van der Waals surface area contributed by atoms with Gasteiger partial charge in [0.25, 0.3) is 0 Å². The second-order valence-corrected chi connectivity index (χ2v) is 7.48. The molecule has 0 bridgehead atoms. The minimum atomic E-state index is -0.0415. The lowest BCUT2D eigenvalue weighted by Crippen LogP contribution is -2.30. The molecule has 1 aromatic carbocycles. The molecule has 1 aromatic heterocycles. The topological polar surface area (TPSA) is 63.7 Å². The van der Waals surface area contributed by atoms with Crippen LogP contribution in [-0.4, -0.2) is 56.3 Å². The summed E-state index contributed by atoms with van der Waals surface area (Å²) < 4.78 is 10.3. The molecular formula is C20H29N3O3S. The van der Waals surface area contributed by atoms with Crippen molar-refractivity contribution in [3.8, 4) is 0 Å². The summed E-state index contributed by atoms with van der Waals surface area (Å²) in [6, 6.07) is 6.04. The van der Waals surface area contributed by atoms with E-state index in [-0.39, 0.29) is 12.3 Å². The van der Waals surface area contributed by atoms with Gasteiger partial charge in [0.2, 0.25) is 5.91 Å². The first-order chi connectivity index (χ1) is 13.0. The summed E-state index contributed by atoms with van der Waals surface area (Å²) in [5.41, 5.74) is 4.02. The number of aryl methyl sites for hydroxylation is 2. The number of aromatic nitrogens is 1. The van der Waals surface area contributed by atoms with Crippen LogP contribution in [0, 0.1) is 13.8 Å². The molecule has 1 amide bonds. The fraction of sp³-hybridized carbons (Fsp3) is 0.500. The Hall–Kier alpha value is -1.80. The first-order valence-corrected chi connectivity index (χ1v) is 9.90. The van der Waals surface area contributed by atoms with Crippen molar-refractivity contribution in [2.24, 2.45) is 0 Å². The maximum atomic E-state index is 12.4. The molecule has 0 aliphatic rings. The van der Waals surface area contributed by atoms with Crippen LogP contribution in [0.2, 0.25) is 0 Å². The molecule has 0 fully saturated rings. The minimum absolute atomic E-state index is 0.0415. The molecule has 0 radical (unpaired) electrons. The lowest BCUT2D eigenvalue weighted by atomic mass is 10.1. The molecule has 0 unspecified atom stereocenters. The van der Waals surface area contributed by atoms with Gasteiger partial charge in [0.1, 0.15) is 5.01 Å². The minimum Gasteiger partial charge on any atom is -0.383 e. The lowest BCUT2D eigenvalue weighted by Gasteiger charge is -2.20. The van der Waals surface area contributed by atoms with Crippen molar-refractivity contribution < 1.29 is 14.3 Å². The summed E-state index contributed by atoms with van der Waals surface area (Å²) in [6.07, 6.45) is 0.286. The smallest absolute Gasteiger partial charge is 0.231 e. The third-order valence-corrected chi connectivity index (χ3v) is 5.08. The number of thiazole rings is 1. The fourth-order valence-electron chi connectivity index (χ4n) is 2.64. The lowest BCUT2D eigenvalue weighted by molar-refractivity contribution is -0.115. The Morgan fingerprint density at radius 2 is 1.89 bits per heavy atom. The first-order valence-electron chi connectivity index (χ1n) is 9.02. The van der Waals surface area contributed by atoms with Crippen LogP contribution < -0.4 is 5.32 Å². The van der Waals surface area contributed by atoms with E-state index in [1.165, 1.54) is 11.3 Å². The average Bonchev–Trinajstić information content (AvgIpc) is 3.07. The molecule has 0 aliphatic heterocycles. The highest BCUT2D eigenvalue weighted by atomic mass is 32.1. The number of anilines is 1. The number of methoxy groups -OCH3 is 2. The summed E-state index contributed by atoms with van der Waals surface area (Å²) in [6.45, 7) is 7.70. The van der Waals surface area contributed by atoms with Crippen LogP contribution >= 0.6 is 11.3 Å². The SMILES string of the molecule is COCCN(CCOC)Cc1csc(CC(=O)Nc2cc(C)ccc2C)n1. The highest BCUT2D eigenvalue weighted by Gasteiger charge is 2.12. The zero-order valence-electron chi connectivity index (χ0n) is 16.6. The Morgan fingerprint density at radius 3 is 2.56 bits per heavy atom. The molecule has 1 N–H and O–H groups in total. The van der Waals surface area contributed by atoms with Gasteiger partial charge in [-0.2, -0.15) is 0 Å². The summed E-state index contributed by atoms with van der Waals surface area (Å²) in [5.74, 6) is -0.0415. The van der Waals surface area contributed by atoms with Crippen LogP contribution in [0.4, 0.5) is 5.69 Å². The molecule has 2 rings (SSSR count). The number of amides is 1. The molecule has 0 aliphatic carbocycles. The average molecular weight is 392 g/mol. The highest BCUT2D eigenvalue weighted by Crippen LogP contribution is 2.18. The van der Waals surface area contributed by atoms with E-state index in [2.05, 4.69) is 15.2 Å². The second-order valence-electron chi connectivity index (χ2n) is 6.54. The van der Waals surface area contributed by atoms with Crippen LogP contribution in [0.3, 0.4) is 0 Å². The van der Waals surface area contributed by atoms with Crippen molar-refractivity contribution in [1.82, 2.24) is 9.88 Å². The van der Waals surface area contributed by atoms with Gasteiger partial charge in [-0.3, -0.25) is 9.69 Å². The number of rotatable bonds is 11. The number of carbonyl (C=O) groups excluding carboxylic acids is 1. The number of benzene rings is 1. The van der Waals surface area contributed by atoms with E-state index < -0.39 is 0 Å². The Bertz CT molecular complexity index is 725. The molecule has 2 aromatic rings. The monoisotopic (exact) mass is 391 g/mol. The molecule has 0 saturated carbocycles. The summed E-state index contributed by atoms with van der Waals surface area (Å²) >= 11 is 1.52. The maximum absolute atomic E-state index is 12.4. The van der Waals surface area contributed by atoms with E-state index in [4.69, 9.17) is 9.47 Å². The Kier molecular flexibility index (Phi) is 8.87. The highest BCUT2D eigenvalue weighted by molar-refractivity contribution is 7.09. The van der Waals surface area contributed by atoms with Gasteiger partial charge in [-0.05, 0) is 31.0 Å². The van der Waals surface area contributed by atoms with Crippen molar-refractivity contribution in [3.63, 3.8) is 0 Å². The quantitative estimate of drug-likeness (QED) is 0.638. The Balaban J connectivity index is 1.91.